The second-order valence-electron chi connectivity index (χ2n) is 3.39. The van der Waals surface area contributed by atoms with Gasteiger partial charge in [0.15, 0.2) is 0 Å². The van der Waals surface area contributed by atoms with Crippen LogP contribution in [0.25, 0.3) is 0 Å². The van der Waals surface area contributed by atoms with Crippen LogP contribution in [0, 0.1) is 29.6 Å². The van der Waals surface area contributed by atoms with Crippen LogP contribution in [-0.2, 0) is 0 Å². The van der Waals surface area contributed by atoms with Gasteiger partial charge in [-0.1, -0.05) is 0 Å². The number of aryl methyl sites for hydroxylation is 1. The smallest absolute Gasteiger partial charge is 0.224 e. The first-order valence-electron chi connectivity index (χ1n) is 5.29. The zero-order chi connectivity index (χ0) is 12.7. The molecule has 1 aromatic rings. The lowest BCUT2D eigenvalue weighted by Gasteiger charge is -2.17. The van der Waals surface area contributed by atoms with Crippen molar-refractivity contribution in [3.63, 3.8) is 0 Å². The molecule has 0 aliphatic rings. The van der Waals surface area contributed by atoms with Gasteiger partial charge >= 0.3 is 0 Å². The number of rotatable bonds is 5. The van der Waals surface area contributed by atoms with Crippen LogP contribution in [0.3, 0.4) is 0 Å². The van der Waals surface area contributed by atoms with Crippen LogP contribution in [-0.4, -0.2) is 29.6 Å². The Morgan fingerprint density at radius 3 is 2.47 bits per heavy atom. The highest BCUT2D eigenvalue weighted by molar-refractivity contribution is 5.46. The first-order chi connectivity index (χ1) is 8.21. The summed E-state index contributed by atoms with van der Waals surface area (Å²) in [4.78, 5) is 10.1. The van der Waals surface area contributed by atoms with Crippen LogP contribution >= 0.6 is 0 Å². The first kappa shape index (κ1) is 12.7. The highest BCUT2D eigenvalue weighted by Gasteiger charge is 2.09. The molecule has 0 saturated carbocycles. The van der Waals surface area contributed by atoms with E-state index in [4.69, 9.17) is 10.5 Å². The molecule has 0 unspecified atom stereocenters. The summed E-state index contributed by atoms with van der Waals surface area (Å²) in [5.74, 6) is 1.11. The van der Waals surface area contributed by atoms with Gasteiger partial charge in [-0.25, -0.2) is 4.98 Å². The Morgan fingerprint density at radius 2 is 1.94 bits per heavy atom. The Morgan fingerprint density at radius 1 is 1.29 bits per heavy atom. The zero-order valence-electron chi connectivity index (χ0n) is 9.93. The maximum atomic E-state index is 8.71. The van der Waals surface area contributed by atoms with Crippen molar-refractivity contribution < 1.29 is 0 Å². The van der Waals surface area contributed by atoms with E-state index in [0.29, 0.717) is 11.8 Å². The molecule has 0 aromatic carbocycles. The fourth-order valence-electron chi connectivity index (χ4n) is 1.34. The number of hydrogen-bond acceptors (Lipinski definition) is 6. The van der Waals surface area contributed by atoms with Gasteiger partial charge in [-0.3, -0.25) is 0 Å². The van der Waals surface area contributed by atoms with Crippen LogP contribution in [0.1, 0.15) is 12.6 Å². The summed E-state index contributed by atoms with van der Waals surface area (Å²) in [7, 11) is 0. The number of hydrogen-bond donors (Lipinski definition) is 1. The fraction of sp³-hybridized carbons (Fsp3) is 0.455. The highest BCUT2D eigenvalue weighted by atomic mass is 15.2. The summed E-state index contributed by atoms with van der Waals surface area (Å²) >= 11 is 0. The van der Waals surface area contributed by atoms with Gasteiger partial charge in [0, 0.05) is 18.3 Å². The Labute approximate surface area is 101 Å². The van der Waals surface area contributed by atoms with Crippen LogP contribution < -0.4 is 10.2 Å². The lowest BCUT2D eigenvalue weighted by molar-refractivity contribution is 0.916. The maximum Gasteiger partial charge on any atom is 0.224 e. The van der Waals surface area contributed by atoms with Gasteiger partial charge in [0.25, 0.3) is 0 Å². The van der Waals surface area contributed by atoms with Crippen LogP contribution in [0.4, 0.5) is 11.8 Å². The van der Waals surface area contributed by atoms with Crippen molar-refractivity contribution in [3.8, 4) is 12.1 Å². The molecule has 0 amide bonds. The molecule has 88 valence electrons. The van der Waals surface area contributed by atoms with Gasteiger partial charge in [0.05, 0.1) is 12.1 Å². The topological polar surface area (TPSA) is 88.6 Å². The molecular formula is C11H14N6. The van der Waals surface area contributed by atoms with Gasteiger partial charge in [-0.05, 0) is 13.8 Å². The molecule has 1 rings (SSSR count). The lowest BCUT2D eigenvalue weighted by Crippen LogP contribution is -2.25. The van der Waals surface area contributed by atoms with Crippen LogP contribution in [0.15, 0.2) is 6.07 Å². The molecule has 0 saturated heterocycles. The van der Waals surface area contributed by atoms with Crippen molar-refractivity contribution in [1.82, 2.24) is 9.97 Å². The quantitative estimate of drug-likeness (QED) is 0.761. The van der Waals surface area contributed by atoms with Crippen LogP contribution in [0.2, 0.25) is 0 Å². The van der Waals surface area contributed by atoms with Gasteiger partial charge in [-0.15, -0.1) is 0 Å². The monoisotopic (exact) mass is 230 g/mol. The number of anilines is 2. The highest BCUT2D eigenvalue weighted by Crippen LogP contribution is 2.14. The van der Waals surface area contributed by atoms with E-state index < -0.39 is 0 Å². The molecule has 0 aliphatic heterocycles. The van der Waals surface area contributed by atoms with E-state index in [1.165, 1.54) is 0 Å². The SMILES string of the molecule is CCNc1nc(C)cc(N(CC#N)CC#N)n1. The number of nitrogens with one attached hydrogen (secondary N) is 1. The van der Waals surface area contributed by atoms with Gasteiger partial charge in [0.1, 0.15) is 18.9 Å². The van der Waals surface area contributed by atoms with Gasteiger partial charge < -0.3 is 10.2 Å². The molecular weight excluding hydrogens is 216 g/mol. The standard InChI is InChI=1S/C11H14N6/c1-3-14-11-15-9(2)8-10(16-11)17(6-4-12)7-5-13/h8H,3,6-7H2,1-2H3,(H,14,15,16). The normalized spacial score (nSPS) is 9.18. The second-order valence-corrected chi connectivity index (χ2v) is 3.39. The minimum absolute atomic E-state index is 0.135. The number of aromatic nitrogens is 2. The average molecular weight is 230 g/mol. The Kier molecular flexibility index (Phi) is 4.71. The molecule has 6 heteroatoms. The van der Waals surface area contributed by atoms with E-state index in [0.717, 1.165) is 12.2 Å². The Bertz CT molecular complexity index is 440. The maximum absolute atomic E-state index is 8.71. The molecule has 0 aliphatic carbocycles. The predicted octanol–water partition coefficient (Wildman–Crippen LogP) is 1.07. The lowest BCUT2D eigenvalue weighted by atomic mass is 10.4. The van der Waals surface area contributed by atoms with Crippen molar-refractivity contribution >= 4 is 11.8 Å². The van der Waals surface area contributed by atoms with E-state index in [2.05, 4.69) is 15.3 Å². The van der Waals surface area contributed by atoms with Gasteiger partial charge in [0.2, 0.25) is 5.95 Å². The average Bonchev–Trinajstić information content (AvgIpc) is 2.28. The molecule has 17 heavy (non-hydrogen) atoms. The number of nitriles is 2. The van der Waals surface area contributed by atoms with Crippen molar-refractivity contribution in [2.45, 2.75) is 13.8 Å². The summed E-state index contributed by atoms with van der Waals surface area (Å²) in [6, 6.07) is 5.79. The molecule has 1 N–H and O–H groups in total. The van der Waals surface area contributed by atoms with E-state index >= 15 is 0 Å². The first-order valence-corrected chi connectivity index (χ1v) is 5.29. The summed E-state index contributed by atoms with van der Waals surface area (Å²) in [5, 5.41) is 20.4. The van der Waals surface area contributed by atoms with Crippen molar-refractivity contribution in [2.75, 3.05) is 29.9 Å². The fourth-order valence-corrected chi connectivity index (χ4v) is 1.34. The molecule has 0 atom stereocenters. The third kappa shape index (κ3) is 3.62. The minimum atomic E-state index is 0.135. The summed E-state index contributed by atoms with van der Waals surface area (Å²) in [6.45, 7) is 4.79. The molecule has 1 aromatic heterocycles. The molecule has 0 bridgehead atoms. The summed E-state index contributed by atoms with van der Waals surface area (Å²) in [5.41, 5.74) is 0.798. The van der Waals surface area contributed by atoms with E-state index in [-0.39, 0.29) is 13.1 Å². The molecule has 0 radical (unpaired) electrons. The Balaban J connectivity index is 3.02. The number of nitrogens with zero attached hydrogens (tertiary/aromatic N) is 5. The summed E-state index contributed by atoms with van der Waals surface area (Å²) in [6.07, 6.45) is 0. The molecule has 0 fully saturated rings. The second kappa shape index (κ2) is 6.29. The molecule has 1 heterocycles. The van der Waals surface area contributed by atoms with E-state index in [1.807, 2.05) is 26.0 Å². The van der Waals surface area contributed by atoms with Crippen molar-refractivity contribution in [3.05, 3.63) is 11.8 Å². The van der Waals surface area contributed by atoms with Crippen LogP contribution in [0.5, 0.6) is 0 Å². The van der Waals surface area contributed by atoms with E-state index in [1.54, 1.807) is 11.0 Å². The van der Waals surface area contributed by atoms with Gasteiger partial charge in [-0.2, -0.15) is 15.5 Å². The molecule has 0 spiro atoms. The molecule has 6 nitrogen and oxygen atoms in total. The summed E-state index contributed by atoms with van der Waals surface area (Å²) < 4.78 is 0. The third-order valence-electron chi connectivity index (χ3n) is 2.02. The van der Waals surface area contributed by atoms with E-state index in [9.17, 15) is 0 Å². The largest absolute Gasteiger partial charge is 0.354 e. The minimum Gasteiger partial charge on any atom is -0.354 e. The third-order valence-corrected chi connectivity index (χ3v) is 2.02. The van der Waals surface area contributed by atoms with Crippen molar-refractivity contribution in [1.29, 1.82) is 10.5 Å². The van der Waals surface area contributed by atoms with Crippen molar-refractivity contribution in [2.24, 2.45) is 0 Å². The Hall–Kier alpha value is -2.34. The zero-order valence-corrected chi connectivity index (χ0v) is 9.93. The predicted molar refractivity (Wildman–Crippen MR) is 64.4 cm³/mol.